The Kier molecular flexibility index (Phi) is 4.34. The second kappa shape index (κ2) is 6.39. The molecule has 2 heterocycles. The molecule has 2 aliphatic rings. The normalized spacial score (nSPS) is 27.8. The fraction of sp³-hybridized carbons (Fsp3) is 0.588. The van der Waals surface area contributed by atoms with Crippen molar-refractivity contribution in [2.45, 2.75) is 50.2 Å². The first-order valence-corrected chi connectivity index (χ1v) is 7.79. The van der Waals surface area contributed by atoms with Gasteiger partial charge in [-0.25, -0.2) is 0 Å². The molecule has 2 saturated heterocycles. The Labute approximate surface area is 121 Å². The monoisotopic (exact) mass is 269 g/mol. The number of nitriles is 1. The van der Waals surface area contributed by atoms with Gasteiger partial charge in [-0.15, -0.1) is 0 Å². The zero-order valence-corrected chi connectivity index (χ0v) is 12.0. The van der Waals surface area contributed by atoms with Gasteiger partial charge in [-0.3, -0.25) is 0 Å². The molecule has 3 unspecified atom stereocenters. The highest BCUT2D eigenvalue weighted by Gasteiger charge is 2.32. The van der Waals surface area contributed by atoms with Gasteiger partial charge in [0, 0.05) is 18.1 Å². The Morgan fingerprint density at radius 1 is 1.25 bits per heavy atom. The smallest absolute Gasteiger partial charge is 0.0641 e. The quantitative estimate of drug-likeness (QED) is 0.913. The van der Waals surface area contributed by atoms with Gasteiger partial charge in [0.25, 0.3) is 0 Å². The highest BCUT2D eigenvalue weighted by molar-refractivity contribution is 5.20. The van der Waals surface area contributed by atoms with E-state index in [4.69, 9.17) is 5.26 Å². The summed E-state index contributed by atoms with van der Waals surface area (Å²) in [5.74, 6) is 0. The standard InChI is InChI=1S/C17H23N3/c18-10-8-17(14-5-2-1-3-6-14)19-15-9-12-20-11-4-7-16(20)13-15/h1-3,5-6,15-17,19H,4,7-9,11-13H2. The lowest BCUT2D eigenvalue weighted by molar-refractivity contribution is 0.161. The van der Waals surface area contributed by atoms with Crippen molar-refractivity contribution in [3.05, 3.63) is 35.9 Å². The summed E-state index contributed by atoms with van der Waals surface area (Å²) in [4.78, 5) is 2.64. The number of benzene rings is 1. The van der Waals surface area contributed by atoms with Crippen molar-refractivity contribution in [2.24, 2.45) is 0 Å². The third kappa shape index (κ3) is 3.03. The van der Waals surface area contributed by atoms with Crippen LogP contribution in [0.25, 0.3) is 0 Å². The van der Waals surface area contributed by atoms with Crippen molar-refractivity contribution in [2.75, 3.05) is 13.1 Å². The summed E-state index contributed by atoms with van der Waals surface area (Å²) in [6.45, 7) is 2.51. The van der Waals surface area contributed by atoms with Gasteiger partial charge in [0.1, 0.15) is 0 Å². The SMILES string of the molecule is N#CCC(NC1CCN2CCCC2C1)c1ccccc1. The van der Waals surface area contributed by atoms with Crippen molar-refractivity contribution in [3.63, 3.8) is 0 Å². The molecule has 0 bridgehead atoms. The van der Waals surface area contributed by atoms with Crippen molar-refractivity contribution >= 4 is 0 Å². The Bertz CT molecular complexity index is 465. The topological polar surface area (TPSA) is 39.1 Å². The minimum Gasteiger partial charge on any atom is -0.306 e. The third-order valence-corrected chi connectivity index (χ3v) is 4.75. The lowest BCUT2D eigenvalue weighted by Gasteiger charge is -2.36. The maximum Gasteiger partial charge on any atom is 0.0641 e. The first kappa shape index (κ1) is 13.6. The van der Waals surface area contributed by atoms with Crippen molar-refractivity contribution in [1.29, 1.82) is 5.26 Å². The van der Waals surface area contributed by atoms with Crippen LogP contribution in [0.4, 0.5) is 0 Å². The van der Waals surface area contributed by atoms with Crippen LogP contribution < -0.4 is 5.32 Å². The van der Waals surface area contributed by atoms with E-state index < -0.39 is 0 Å². The molecule has 1 aromatic carbocycles. The van der Waals surface area contributed by atoms with Gasteiger partial charge in [-0.05, 0) is 44.3 Å². The zero-order valence-electron chi connectivity index (χ0n) is 12.0. The van der Waals surface area contributed by atoms with Gasteiger partial charge in [0.15, 0.2) is 0 Å². The second-order valence-corrected chi connectivity index (χ2v) is 6.05. The molecule has 0 radical (unpaired) electrons. The summed E-state index contributed by atoms with van der Waals surface area (Å²) < 4.78 is 0. The average molecular weight is 269 g/mol. The Hall–Kier alpha value is -1.37. The zero-order chi connectivity index (χ0) is 13.8. The molecule has 3 atom stereocenters. The molecule has 0 saturated carbocycles. The van der Waals surface area contributed by atoms with Crippen LogP contribution >= 0.6 is 0 Å². The highest BCUT2D eigenvalue weighted by Crippen LogP contribution is 2.28. The van der Waals surface area contributed by atoms with E-state index in [0.29, 0.717) is 12.5 Å². The fourth-order valence-corrected chi connectivity index (χ4v) is 3.71. The summed E-state index contributed by atoms with van der Waals surface area (Å²) in [5, 5.41) is 12.8. The van der Waals surface area contributed by atoms with Crippen LogP contribution in [0.3, 0.4) is 0 Å². The molecule has 2 fully saturated rings. The summed E-state index contributed by atoms with van der Waals surface area (Å²) >= 11 is 0. The number of nitrogens with one attached hydrogen (secondary N) is 1. The molecule has 1 N–H and O–H groups in total. The van der Waals surface area contributed by atoms with Crippen molar-refractivity contribution in [1.82, 2.24) is 10.2 Å². The van der Waals surface area contributed by atoms with E-state index in [1.807, 2.05) is 6.07 Å². The van der Waals surface area contributed by atoms with Crippen LogP contribution in [0.15, 0.2) is 30.3 Å². The van der Waals surface area contributed by atoms with Gasteiger partial charge in [-0.2, -0.15) is 5.26 Å². The Morgan fingerprint density at radius 3 is 2.90 bits per heavy atom. The van der Waals surface area contributed by atoms with Crippen LogP contribution in [-0.4, -0.2) is 30.1 Å². The third-order valence-electron chi connectivity index (χ3n) is 4.75. The van der Waals surface area contributed by atoms with E-state index in [1.165, 1.54) is 44.3 Å². The van der Waals surface area contributed by atoms with Crippen LogP contribution in [0.5, 0.6) is 0 Å². The second-order valence-electron chi connectivity index (χ2n) is 6.05. The van der Waals surface area contributed by atoms with Gasteiger partial charge in [0.2, 0.25) is 0 Å². The van der Waals surface area contributed by atoms with Gasteiger partial charge in [0.05, 0.1) is 12.5 Å². The Balaban J connectivity index is 1.63. The summed E-state index contributed by atoms with van der Waals surface area (Å²) in [5.41, 5.74) is 1.24. The lowest BCUT2D eigenvalue weighted by atomic mass is 9.95. The van der Waals surface area contributed by atoms with Crippen LogP contribution in [0.1, 0.15) is 43.7 Å². The van der Waals surface area contributed by atoms with E-state index in [2.05, 4.69) is 40.6 Å². The highest BCUT2D eigenvalue weighted by atomic mass is 15.2. The van der Waals surface area contributed by atoms with Gasteiger partial charge >= 0.3 is 0 Å². The maximum atomic E-state index is 9.08. The molecule has 20 heavy (non-hydrogen) atoms. The summed E-state index contributed by atoms with van der Waals surface area (Å²) in [7, 11) is 0. The lowest BCUT2D eigenvalue weighted by Crippen LogP contribution is -2.46. The molecule has 0 amide bonds. The maximum absolute atomic E-state index is 9.08. The summed E-state index contributed by atoms with van der Waals surface area (Å²) in [6, 6.07) is 14.2. The molecular weight excluding hydrogens is 246 g/mol. The first-order chi connectivity index (χ1) is 9.86. The van der Waals surface area contributed by atoms with E-state index in [0.717, 1.165) is 6.04 Å². The molecule has 1 aromatic rings. The molecule has 2 aliphatic heterocycles. The molecule has 0 aliphatic carbocycles. The molecule has 0 aromatic heterocycles. The number of fused-ring (bicyclic) bond motifs is 1. The molecule has 0 spiro atoms. The molecule has 3 nitrogen and oxygen atoms in total. The van der Waals surface area contributed by atoms with E-state index in [-0.39, 0.29) is 6.04 Å². The molecular formula is C17H23N3. The van der Waals surface area contributed by atoms with Gasteiger partial charge in [-0.1, -0.05) is 30.3 Å². The molecule has 3 rings (SSSR count). The number of piperidine rings is 1. The average Bonchev–Trinajstić information content (AvgIpc) is 2.95. The Morgan fingerprint density at radius 2 is 2.10 bits per heavy atom. The number of rotatable bonds is 4. The molecule has 3 heteroatoms. The first-order valence-electron chi connectivity index (χ1n) is 7.79. The number of hydrogen-bond donors (Lipinski definition) is 1. The van der Waals surface area contributed by atoms with Crippen LogP contribution in [-0.2, 0) is 0 Å². The predicted octanol–water partition coefficient (Wildman–Crippen LogP) is 2.86. The number of nitrogens with zero attached hydrogens (tertiary/aromatic N) is 2. The van der Waals surface area contributed by atoms with Gasteiger partial charge < -0.3 is 10.2 Å². The van der Waals surface area contributed by atoms with E-state index in [9.17, 15) is 0 Å². The summed E-state index contributed by atoms with van der Waals surface area (Å²) in [6.07, 6.45) is 5.72. The molecule has 106 valence electrons. The van der Waals surface area contributed by atoms with E-state index in [1.54, 1.807) is 0 Å². The number of hydrogen-bond acceptors (Lipinski definition) is 3. The minimum atomic E-state index is 0.180. The van der Waals surface area contributed by atoms with Crippen molar-refractivity contribution in [3.8, 4) is 6.07 Å². The predicted molar refractivity (Wildman–Crippen MR) is 80.2 cm³/mol. The van der Waals surface area contributed by atoms with Crippen molar-refractivity contribution < 1.29 is 0 Å². The largest absolute Gasteiger partial charge is 0.306 e. The minimum absolute atomic E-state index is 0.180. The van der Waals surface area contributed by atoms with E-state index >= 15 is 0 Å². The van der Waals surface area contributed by atoms with Crippen LogP contribution in [0.2, 0.25) is 0 Å². The fourth-order valence-electron chi connectivity index (χ4n) is 3.71. The van der Waals surface area contributed by atoms with Crippen LogP contribution in [0, 0.1) is 11.3 Å².